The lowest BCUT2D eigenvalue weighted by Crippen LogP contribution is -2.21. The van der Waals surface area contributed by atoms with Crippen LogP contribution < -0.4 is 5.56 Å². The van der Waals surface area contributed by atoms with Gasteiger partial charge in [0.2, 0.25) is 0 Å². The third kappa shape index (κ3) is 1.70. The first kappa shape index (κ1) is 10.0. The Morgan fingerprint density at radius 2 is 2.20 bits per heavy atom. The fraction of sp³-hybridized carbons (Fsp3) is 0.333. The summed E-state index contributed by atoms with van der Waals surface area (Å²) in [6, 6.07) is 0. The molecule has 15 heavy (non-hydrogen) atoms. The van der Waals surface area contributed by atoms with Crippen molar-refractivity contribution in [3.05, 3.63) is 28.0 Å². The Kier molecular flexibility index (Phi) is 2.64. The third-order valence-electron chi connectivity index (χ3n) is 2.03. The molecule has 0 radical (unpaired) electrons. The second-order valence-electron chi connectivity index (χ2n) is 3.08. The largest absolute Gasteiger partial charge is 0.290 e. The number of hydrogen-bond donors (Lipinski definition) is 0. The average molecular weight is 225 g/mol. The van der Waals surface area contributed by atoms with Crippen molar-refractivity contribution in [3.8, 4) is 0 Å². The van der Waals surface area contributed by atoms with Crippen LogP contribution in [-0.4, -0.2) is 19.5 Å². The zero-order valence-electron chi connectivity index (χ0n) is 8.14. The third-order valence-corrected chi connectivity index (χ3v) is 2.31. The van der Waals surface area contributed by atoms with E-state index in [1.54, 1.807) is 4.57 Å². The van der Waals surface area contributed by atoms with Crippen LogP contribution in [-0.2, 0) is 6.54 Å². The Morgan fingerprint density at radius 3 is 2.93 bits per heavy atom. The number of fused-ring (bicyclic) bond motifs is 1. The maximum absolute atomic E-state index is 11.5. The molecule has 5 nitrogen and oxygen atoms in total. The van der Waals surface area contributed by atoms with E-state index in [0.717, 1.165) is 6.42 Å². The van der Waals surface area contributed by atoms with Crippen LogP contribution in [0.15, 0.2) is 17.3 Å². The molecule has 2 aromatic heterocycles. The summed E-state index contributed by atoms with van der Waals surface area (Å²) in [5, 5.41) is 0.268. The minimum atomic E-state index is -0.167. The molecule has 0 unspecified atom stereocenters. The highest BCUT2D eigenvalue weighted by atomic mass is 35.5. The predicted molar refractivity (Wildman–Crippen MR) is 56.9 cm³/mol. The van der Waals surface area contributed by atoms with Gasteiger partial charge in [-0.2, -0.15) is 0 Å². The van der Waals surface area contributed by atoms with E-state index >= 15 is 0 Å². The highest BCUT2D eigenvalue weighted by Crippen LogP contribution is 2.14. The molecule has 0 atom stereocenters. The van der Waals surface area contributed by atoms with Gasteiger partial charge >= 0.3 is 0 Å². The minimum absolute atomic E-state index is 0.167. The lowest BCUT2D eigenvalue weighted by Gasteiger charge is -2.06. The zero-order chi connectivity index (χ0) is 10.8. The van der Waals surface area contributed by atoms with Gasteiger partial charge in [0.05, 0.1) is 6.20 Å². The van der Waals surface area contributed by atoms with Crippen molar-refractivity contribution in [3.63, 3.8) is 0 Å². The highest BCUT2D eigenvalue weighted by Gasteiger charge is 2.07. The first-order valence-electron chi connectivity index (χ1n) is 4.60. The molecule has 0 aliphatic rings. The predicted octanol–water partition coefficient (Wildman–Crippen LogP) is 1.25. The quantitative estimate of drug-likeness (QED) is 0.721. The number of nitrogens with zero attached hydrogens (tertiary/aromatic N) is 4. The molecule has 0 bridgehead atoms. The first-order chi connectivity index (χ1) is 7.24. The summed E-state index contributed by atoms with van der Waals surface area (Å²) in [7, 11) is 0. The SMILES string of the molecule is CCCn1c(=O)cnc2c(Cl)ncnc21. The van der Waals surface area contributed by atoms with E-state index in [-0.39, 0.29) is 10.7 Å². The second kappa shape index (κ2) is 3.94. The van der Waals surface area contributed by atoms with Crippen LogP contribution in [0.1, 0.15) is 13.3 Å². The molecule has 2 aromatic rings. The van der Waals surface area contributed by atoms with Gasteiger partial charge in [-0.25, -0.2) is 15.0 Å². The monoisotopic (exact) mass is 224 g/mol. The summed E-state index contributed by atoms with van der Waals surface area (Å²) in [6.07, 6.45) is 3.42. The van der Waals surface area contributed by atoms with E-state index in [1.165, 1.54) is 12.5 Å². The molecule has 0 saturated heterocycles. The Labute approximate surface area is 90.8 Å². The second-order valence-corrected chi connectivity index (χ2v) is 3.44. The van der Waals surface area contributed by atoms with Gasteiger partial charge in [-0.1, -0.05) is 18.5 Å². The number of aryl methyl sites for hydroxylation is 1. The van der Waals surface area contributed by atoms with Gasteiger partial charge in [0.1, 0.15) is 11.8 Å². The van der Waals surface area contributed by atoms with Crippen LogP contribution in [0.2, 0.25) is 5.15 Å². The fourth-order valence-electron chi connectivity index (χ4n) is 1.39. The number of aromatic nitrogens is 4. The van der Waals surface area contributed by atoms with Crippen LogP contribution in [0.3, 0.4) is 0 Å². The molecular weight excluding hydrogens is 216 g/mol. The number of halogens is 1. The molecule has 0 aromatic carbocycles. The average Bonchev–Trinajstić information content (AvgIpc) is 2.23. The Bertz CT molecular complexity index is 551. The van der Waals surface area contributed by atoms with Crippen molar-refractivity contribution in [1.29, 1.82) is 0 Å². The molecular formula is C9H9ClN4O. The zero-order valence-corrected chi connectivity index (χ0v) is 8.90. The molecule has 0 aliphatic carbocycles. The van der Waals surface area contributed by atoms with Gasteiger partial charge in [0, 0.05) is 6.54 Å². The molecule has 78 valence electrons. The fourth-order valence-corrected chi connectivity index (χ4v) is 1.57. The van der Waals surface area contributed by atoms with E-state index in [2.05, 4.69) is 15.0 Å². The summed E-state index contributed by atoms with van der Waals surface area (Å²) in [6.45, 7) is 2.59. The molecule has 2 rings (SSSR count). The van der Waals surface area contributed by atoms with Crippen LogP contribution >= 0.6 is 11.6 Å². The molecule has 0 aliphatic heterocycles. The lowest BCUT2D eigenvalue weighted by atomic mass is 10.4. The van der Waals surface area contributed by atoms with Gasteiger partial charge in [-0.3, -0.25) is 9.36 Å². The maximum atomic E-state index is 11.5. The van der Waals surface area contributed by atoms with Crippen molar-refractivity contribution in [2.75, 3.05) is 0 Å². The standard InChI is InChI=1S/C9H9ClN4O/c1-2-3-14-6(15)4-11-7-8(10)12-5-13-9(7)14/h4-5H,2-3H2,1H3. The summed E-state index contributed by atoms with van der Waals surface area (Å²) in [5.41, 5.74) is 0.788. The van der Waals surface area contributed by atoms with Crippen LogP contribution in [0, 0.1) is 0 Å². The summed E-state index contributed by atoms with van der Waals surface area (Å²) in [5.74, 6) is 0. The van der Waals surface area contributed by atoms with Crippen molar-refractivity contribution in [1.82, 2.24) is 19.5 Å². The van der Waals surface area contributed by atoms with Crippen molar-refractivity contribution in [2.45, 2.75) is 19.9 Å². The lowest BCUT2D eigenvalue weighted by molar-refractivity contribution is 0.667. The van der Waals surface area contributed by atoms with E-state index in [0.29, 0.717) is 17.7 Å². The van der Waals surface area contributed by atoms with Crippen LogP contribution in [0.25, 0.3) is 11.2 Å². The molecule has 0 N–H and O–H groups in total. The smallest absolute Gasteiger partial charge is 0.270 e. The van der Waals surface area contributed by atoms with Crippen molar-refractivity contribution >= 4 is 22.8 Å². The number of rotatable bonds is 2. The molecule has 6 heteroatoms. The summed E-state index contributed by atoms with van der Waals surface area (Å²) >= 11 is 5.85. The maximum Gasteiger partial charge on any atom is 0.270 e. The van der Waals surface area contributed by atoms with Gasteiger partial charge in [0.15, 0.2) is 10.8 Å². The topological polar surface area (TPSA) is 60.7 Å². The van der Waals surface area contributed by atoms with Crippen LogP contribution in [0.5, 0.6) is 0 Å². The molecule has 0 amide bonds. The summed E-state index contributed by atoms with van der Waals surface area (Å²) in [4.78, 5) is 23.3. The van der Waals surface area contributed by atoms with E-state index < -0.39 is 0 Å². The Balaban J connectivity index is 2.81. The van der Waals surface area contributed by atoms with Gasteiger partial charge < -0.3 is 0 Å². The molecule has 2 heterocycles. The van der Waals surface area contributed by atoms with Crippen molar-refractivity contribution in [2.24, 2.45) is 0 Å². The van der Waals surface area contributed by atoms with E-state index in [1.807, 2.05) is 6.92 Å². The normalized spacial score (nSPS) is 10.8. The molecule has 0 spiro atoms. The number of hydrogen-bond acceptors (Lipinski definition) is 4. The van der Waals surface area contributed by atoms with Crippen molar-refractivity contribution < 1.29 is 0 Å². The first-order valence-corrected chi connectivity index (χ1v) is 4.98. The Morgan fingerprint density at radius 1 is 1.40 bits per heavy atom. The van der Waals surface area contributed by atoms with Gasteiger partial charge in [-0.15, -0.1) is 0 Å². The Hall–Kier alpha value is -1.49. The van der Waals surface area contributed by atoms with Crippen LogP contribution in [0.4, 0.5) is 0 Å². The molecule has 0 fully saturated rings. The van der Waals surface area contributed by atoms with E-state index in [9.17, 15) is 4.79 Å². The van der Waals surface area contributed by atoms with E-state index in [4.69, 9.17) is 11.6 Å². The highest BCUT2D eigenvalue weighted by molar-refractivity contribution is 6.33. The van der Waals surface area contributed by atoms with Gasteiger partial charge in [0.25, 0.3) is 5.56 Å². The van der Waals surface area contributed by atoms with Gasteiger partial charge in [-0.05, 0) is 6.42 Å². The summed E-state index contributed by atoms with van der Waals surface area (Å²) < 4.78 is 1.55. The minimum Gasteiger partial charge on any atom is -0.290 e. The molecule has 0 saturated carbocycles.